The van der Waals surface area contributed by atoms with Crippen LogP contribution in [0.1, 0.15) is 19.2 Å². The summed E-state index contributed by atoms with van der Waals surface area (Å²) in [7, 11) is 0. The van der Waals surface area contributed by atoms with Crippen molar-refractivity contribution in [2.75, 3.05) is 5.32 Å². The second-order valence-electron chi connectivity index (χ2n) is 3.99. The van der Waals surface area contributed by atoms with Crippen LogP contribution in [-0.2, 0) is 6.42 Å². The standard InChI is InChI=1S/C13H12Br3N3/c1-2-3-12-18-11(16)7-13(19-12)17-10-6-8(14)4-5-9(10)15/h4-7H,2-3H2,1H3,(H,17,18,19). The lowest BCUT2D eigenvalue weighted by Crippen LogP contribution is -2.01. The first kappa shape index (κ1) is 14.9. The van der Waals surface area contributed by atoms with Crippen molar-refractivity contribution < 1.29 is 0 Å². The van der Waals surface area contributed by atoms with E-state index in [1.807, 2.05) is 24.3 Å². The molecule has 0 radical (unpaired) electrons. The lowest BCUT2D eigenvalue weighted by molar-refractivity contribution is 0.831. The molecule has 19 heavy (non-hydrogen) atoms. The maximum atomic E-state index is 4.50. The molecular formula is C13H12Br3N3. The molecular weight excluding hydrogens is 438 g/mol. The SMILES string of the molecule is CCCc1nc(Br)cc(Nc2cc(Br)ccc2Br)n1. The first-order valence-electron chi connectivity index (χ1n) is 5.84. The summed E-state index contributed by atoms with van der Waals surface area (Å²) >= 11 is 10.4. The molecule has 0 amide bonds. The highest BCUT2D eigenvalue weighted by Gasteiger charge is 2.06. The van der Waals surface area contributed by atoms with Gasteiger partial charge in [-0.15, -0.1) is 0 Å². The Bertz CT molecular complexity index is 587. The molecule has 2 aromatic rings. The van der Waals surface area contributed by atoms with Gasteiger partial charge in [0.15, 0.2) is 0 Å². The second kappa shape index (κ2) is 6.81. The van der Waals surface area contributed by atoms with Crippen LogP contribution in [0.3, 0.4) is 0 Å². The molecule has 3 nitrogen and oxygen atoms in total. The number of halogens is 3. The number of aryl methyl sites for hydroxylation is 1. The maximum Gasteiger partial charge on any atom is 0.135 e. The zero-order chi connectivity index (χ0) is 13.8. The van der Waals surface area contributed by atoms with Gasteiger partial charge >= 0.3 is 0 Å². The second-order valence-corrected chi connectivity index (χ2v) is 6.57. The summed E-state index contributed by atoms with van der Waals surface area (Å²) in [6.45, 7) is 2.11. The summed E-state index contributed by atoms with van der Waals surface area (Å²) in [5.74, 6) is 1.62. The molecule has 0 fully saturated rings. The van der Waals surface area contributed by atoms with Gasteiger partial charge in [-0.25, -0.2) is 9.97 Å². The molecule has 0 spiro atoms. The topological polar surface area (TPSA) is 37.8 Å². The van der Waals surface area contributed by atoms with Crippen LogP contribution in [0.15, 0.2) is 37.8 Å². The van der Waals surface area contributed by atoms with E-state index in [-0.39, 0.29) is 0 Å². The fourth-order valence-electron chi connectivity index (χ4n) is 1.60. The molecule has 0 unspecified atom stereocenters. The van der Waals surface area contributed by atoms with Crippen LogP contribution < -0.4 is 5.32 Å². The van der Waals surface area contributed by atoms with Crippen LogP contribution in [0.5, 0.6) is 0 Å². The Morgan fingerprint density at radius 3 is 2.63 bits per heavy atom. The number of hydrogen-bond donors (Lipinski definition) is 1. The van der Waals surface area contributed by atoms with Gasteiger partial charge in [0, 0.05) is 21.4 Å². The fourth-order valence-corrected chi connectivity index (χ4v) is 2.72. The summed E-state index contributed by atoms with van der Waals surface area (Å²) in [5.41, 5.74) is 0.961. The van der Waals surface area contributed by atoms with Crippen molar-refractivity contribution in [1.29, 1.82) is 0 Å². The van der Waals surface area contributed by atoms with Gasteiger partial charge in [0.05, 0.1) is 5.69 Å². The van der Waals surface area contributed by atoms with Crippen LogP contribution in [0.2, 0.25) is 0 Å². The van der Waals surface area contributed by atoms with Crippen molar-refractivity contribution in [3.05, 3.63) is 43.6 Å². The summed E-state index contributed by atoms with van der Waals surface area (Å²) < 4.78 is 2.79. The molecule has 0 saturated carbocycles. The summed E-state index contributed by atoms with van der Waals surface area (Å²) in [6, 6.07) is 7.83. The summed E-state index contributed by atoms with van der Waals surface area (Å²) in [5, 5.41) is 3.29. The van der Waals surface area contributed by atoms with Crippen molar-refractivity contribution in [3.8, 4) is 0 Å². The normalized spacial score (nSPS) is 10.5. The first-order chi connectivity index (χ1) is 9.08. The molecule has 6 heteroatoms. The Morgan fingerprint density at radius 2 is 1.89 bits per heavy atom. The van der Waals surface area contributed by atoms with Crippen LogP contribution in [0, 0.1) is 0 Å². The minimum atomic E-state index is 0.782. The Balaban J connectivity index is 2.29. The van der Waals surface area contributed by atoms with Crippen molar-refractivity contribution in [3.63, 3.8) is 0 Å². The number of benzene rings is 1. The Hall–Kier alpha value is -0.460. The van der Waals surface area contributed by atoms with E-state index in [2.05, 4.69) is 70.0 Å². The zero-order valence-corrected chi connectivity index (χ0v) is 15.0. The minimum Gasteiger partial charge on any atom is -0.339 e. The average molecular weight is 450 g/mol. The lowest BCUT2D eigenvalue weighted by atomic mass is 10.3. The molecule has 0 aliphatic carbocycles. The van der Waals surface area contributed by atoms with E-state index in [1.165, 1.54) is 0 Å². The van der Waals surface area contributed by atoms with E-state index >= 15 is 0 Å². The molecule has 1 aromatic carbocycles. The molecule has 1 aromatic heterocycles. The number of hydrogen-bond acceptors (Lipinski definition) is 3. The van der Waals surface area contributed by atoms with Crippen LogP contribution >= 0.6 is 47.8 Å². The van der Waals surface area contributed by atoms with E-state index in [9.17, 15) is 0 Å². The summed E-state index contributed by atoms with van der Waals surface area (Å²) in [4.78, 5) is 8.85. The van der Waals surface area contributed by atoms with Crippen molar-refractivity contribution in [1.82, 2.24) is 9.97 Å². The van der Waals surface area contributed by atoms with Crippen LogP contribution in [0.4, 0.5) is 11.5 Å². The van der Waals surface area contributed by atoms with Gasteiger partial charge < -0.3 is 5.32 Å². The highest BCUT2D eigenvalue weighted by atomic mass is 79.9. The number of rotatable bonds is 4. The molecule has 1 heterocycles. The van der Waals surface area contributed by atoms with Gasteiger partial charge in [-0.3, -0.25) is 0 Å². The third-order valence-electron chi connectivity index (χ3n) is 2.41. The van der Waals surface area contributed by atoms with Gasteiger partial charge in [0.1, 0.15) is 16.2 Å². The van der Waals surface area contributed by atoms with E-state index in [0.29, 0.717) is 0 Å². The van der Waals surface area contributed by atoms with Gasteiger partial charge in [0.25, 0.3) is 0 Å². The Morgan fingerprint density at radius 1 is 1.11 bits per heavy atom. The third-order valence-corrected chi connectivity index (χ3v) is 4.00. The highest BCUT2D eigenvalue weighted by molar-refractivity contribution is 9.11. The number of nitrogens with zero attached hydrogens (tertiary/aromatic N) is 2. The number of anilines is 2. The fraction of sp³-hybridized carbons (Fsp3) is 0.231. The molecule has 0 bridgehead atoms. The molecule has 0 aliphatic heterocycles. The Labute approximate surface area is 137 Å². The monoisotopic (exact) mass is 447 g/mol. The quantitative estimate of drug-likeness (QED) is 0.630. The maximum absolute atomic E-state index is 4.50. The molecule has 0 aliphatic rings. The predicted octanol–water partition coefficient (Wildman–Crippen LogP) is 5.46. The smallest absolute Gasteiger partial charge is 0.135 e. The van der Waals surface area contributed by atoms with Crippen LogP contribution in [-0.4, -0.2) is 9.97 Å². The van der Waals surface area contributed by atoms with E-state index in [1.54, 1.807) is 0 Å². The zero-order valence-electron chi connectivity index (χ0n) is 10.3. The van der Waals surface area contributed by atoms with Gasteiger partial charge in [-0.05, 0) is 56.5 Å². The molecule has 0 saturated heterocycles. The molecule has 2 rings (SSSR count). The van der Waals surface area contributed by atoms with Crippen LogP contribution in [0.25, 0.3) is 0 Å². The molecule has 0 atom stereocenters. The van der Waals surface area contributed by atoms with Crippen molar-refractivity contribution >= 4 is 59.3 Å². The minimum absolute atomic E-state index is 0.782. The number of aromatic nitrogens is 2. The predicted molar refractivity (Wildman–Crippen MR) is 88.9 cm³/mol. The average Bonchev–Trinajstić information content (AvgIpc) is 2.33. The highest BCUT2D eigenvalue weighted by Crippen LogP contribution is 2.29. The summed E-state index contributed by atoms with van der Waals surface area (Å²) in [6.07, 6.45) is 1.89. The van der Waals surface area contributed by atoms with Crippen molar-refractivity contribution in [2.45, 2.75) is 19.8 Å². The Kier molecular flexibility index (Phi) is 5.36. The van der Waals surface area contributed by atoms with Gasteiger partial charge in [0.2, 0.25) is 0 Å². The molecule has 1 N–H and O–H groups in total. The largest absolute Gasteiger partial charge is 0.339 e. The lowest BCUT2D eigenvalue weighted by Gasteiger charge is -2.10. The van der Waals surface area contributed by atoms with E-state index in [0.717, 1.165) is 43.7 Å². The third kappa shape index (κ3) is 4.26. The van der Waals surface area contributed by atoms with Gasteiger partial charge in [-0.2, -0.15) is 0 Å². The molecule has 100 valence electrons. The van der Waals surface area contributed by atoms with Crippen molar-refractivity contribution in [2.24, 2.45) is 0 Å². The first-order valence-corrected chi connectivity index (χ1v) is 8.22. The van der Waals surface area contributed by atoms with E-state index < -0.39 is 0 Å². The number of nitrogens with one attached hydrogen (secondary N) is 1. The van der Waals surface area contributed by atoms with Gasteiger partial charge in [-0.1, -0.05) is 22.9 Å². The van der Waals surface area contributed by atoms with E-state index in [4.69, 9.17) is 0 Å².